The molecule has 0 aromatic carbocycles. The quantitative estimate of drug-likeness (QED) is 0.742. The van der Waals surface area contributed by atoms with E-state index in [1.807, 2.05) is 17.5 Å². The topological polar surface area (TPSA) is 61.5 Å². The predicted octanol–water partition coefficient (Wildman–Crippen LogP) is 0.937. The van der Waals surface area contributed by atoms with E-state index in [1.165, 1.54) is 7.11 Å². The van der Waals surface area contributed by atoms with Crippen molar-refractivity contribution in [2.24, 2.45) is 5.73 Å². The second-order valence-electron chi connectivity index (χ2n) is 2.71. The monoisotopic (exact) mass is 215 g/mol. The summed E-state index contributed by atoms with van der Waals surface area (Å²) in [7, 11) is 1.32. The fourth-order valence-corrected chi connectivity index (χ4v) is 1.63. The molecule has 0 saturated heterocycles. The first-order chi connectivity index (χ1) is 6.74. The molecular weight excluding hydrogens is 202 g/mol. The first-order valence-corrected chi connectivity index (χ1v) is 5.05. The van der Waals surface area contributed by atoms with Crippen molar-refractivity contribution in [1.29, 1.82) is 0 Å². The van der Waals surface area contributed by atoms with Crippen LogP contribution in [0.3, 0.4) is 0 Å². The molecule has 2 N–H and O–H groups in total. The third kappa shape index (κ3) is 3.45. The van der Waals surface area contributed by atoms with Crippen LogP contribution in [0.5, 0.6) is 0 Å². The second kappa shape index (κ2) is 5.74. The van der Waals surface area contributed by atoms with Gasteiger partial charge in [-0.2, -0.15) is 0 Å². The molecule has 14 heavy (non-hydrogen) atoms. The second-order valence-corrected chi connectivity index (χ2v) is 3.69. The van der Waals surface area contributed by atoms with Crippen LogP contribution in [-0.2, 0) is 14.3 Å². The van der Waals surface area contributed by atoms with Crippen molar-refractivity contribution < 1.29 is 14.3 Å². The van der Waals surface area contributed by atoms with E-state index in [9.17, 15) is 4.79 Å². The lowest BCUT2D eigenvalue weighted by atomic mass is 10.3. The van der Waals surface area contributed by atoms with Crippen LogP contribution in [-0.4, -0.2) is 26.3 Å². The smallest absolute Gasteiger partial charge is 0.331 e. The summed E-state index contributed by atoms with van der Waals surface area (Å²) in [5.41, 5.74) is 5.80. The Morgan fingerprint density at radius 1 is 1.71 bits per heavy atom. The van der Waals surface area contributed by atoms with E-state index in [-0.39, 0.29) is 18.6 Å². The van der Waals surface area contributed by atoms with Crippen LogP contribution < -0.4 is 5.73 Å². The molecular formula is C9H13NO3S. The van der Waals surface area contributed by atoms with E-state index in [4.69, 9.17) is 10.5 Å². The van der Waals surface area contributed by atoms with Crippen LogP contribution in [0.15, 0.2) is 17.5 Å². The molecule has 0 aliphatic rings. The highest BCUT2D eigenvalue weighted by Gasteiger charge is 2.08. The molecule has 5 heteroatoms. The number of nitrogens with two attached hydrogens (primary N) is 1. The minimum Gasteiger partial charge on any atom is -0.467 e. The number of methoxy groups -OCH3 is 1. The maximum absolute atomic E-state index is 10.7. The fraction of sp³-hybridized carbons (Fsp3) is 0.444. The fourth-order valence-electron chi connectivity index (χ4n) is 0.913. The Hall–Kier alpha value is -0.910. The van der Waals surface area contributed by atoms with Gasteiger partial charge in [0.1, 0.15) is 6.61 Å². The Balaban J connectivity index is 2.22. The Labute approximate surface area is 86.6 Å². The average molecular weight is 215 g/mol. The minimum atomic E-state index is -0.386. The number of rotatable bonds is 5. The van der Waals surface area contributed by atoms with Gasteiger partial charge in [-0.05, 0) is 11.4 Å². The van der Waals surface area contributed by atoms with Gasteiger partial charge in [-0.15, -0.1) is 11.3 Å². The number of hydrogen-bond donors (Lipinski definition) is 1. The molecule has 1 aromatic rings. The Morgan fingerprint density at radius 2 is 2.50 bits per heavy atom. The van der Waals surface area contributed by atoms with Gasteiger partial charge in [0.15, 0.2) is 0 Å². The van der Waals surface area contributed by atoms with Gasteiger partial charge in [-0.3, -0.25) is 0 Å². The minimum absolute atomic E-state index is 0.0461. The molecule has 1 heterocycles. The zero-order valence-electron chi connectivity index (χ0n) is 7.93. The average Bonchev–Trinajstić information content (AvgIpc) is 2.70. The zero-order chi connectivity index (χ0) is 10.4. The van der Waals surface area contributed by atoms with Gasteiger partial charge in [0, 0.05) is 4.88 Å². The molecule has 4 nitrogen and oxygen atoms in total. The highest BCUT2D eigenvalue weighted by molar-refractivity contribution is 7.10. The summed E-state index contributed by atoms with van der Waals surface area (Å²) in [6.45, 7) is 0.283. The number of carbonyl (C=O) groups is 1. The highest BCUT2D eigenvalue weighted by atomic mass is 32.1. The van der Waals surface area contributed by atoms with E-state index < -0.39 is 0 Å². The molecule has 0 aliphatic carbocycles. The molecule has 1 unspecified atom stereocenters. The molecule has 1 atom stereocenters. The summed E-state index contributed by atoms with van der Waals surface area (Å²) >= 11 is 1.57. The maximum Gasteiger partial charge on any atom is 0.331 e. The van der Waals surface area contributed by atoms with Crippen LogP contribution in [0.4, 0.5) is 0 Å². The van der Waals surface area contributed by atoms with Crippen LogP contribution >= 0.6 is 11.3 Å². The molecule has 78 valence electrons. The highest BCUT2D eigenvalue weighted by Crippen LogP contribution is 2.16. The number of esters is 1. The van der Waals surface area contributed by atoms with Crippen molar-refractivity contribution in [2.75, 3.05) is 20.3 Å². The Kier molecular flexibility index (Phi) is 4.58. The third-order valence-electron chi connectivity index (χ3n) is 1.65. The van der Waals surface area contributed by atoms with Crippen molar-refractivity contribution in [3.8, 4) is 0 Å². The summed E-state index contributed by atoms with van der Waals surface area (Å²) in [5.74, 6) is -0.386. The van der Waals surface area contributed by atoms with Gasteiger partial charge in [0.2, 0.25) is 0 Å². The van der Waals surface area contributed by atoms with Crippen molar-refractivity contribution in [3.63, 3.8) is 0 Å². The van der Waals surface area contributed by atoms with Crippen LogP contribution in [0, 0.1) is 0 Å². The van der Waals surface area contributed by atoms with Crippen LogP contribution in [0.2, 0.25) is 0 Å². The van der Waals surface area contributed by atoms with Gasteiger partial charge in [0.25, 0.3) is 0 Å². The van der Waals surface area contributed by atoms with E-state index in [0.717, 1.165) is 4.88 Å². The molecule has 0 fully saturated rings. The molecule has 0 bridgehead atoms. The molecule has 0 amide bonds. The number of ether oxygens (including phenoxy) is 2. The Bertz CT molecular complexity index is 274. The lowest BCUT2D eigenvalue weighted by Crippen LogP contribution is -2.19. The van der Waals surface area contributed by atoms with E-state index >= 15 is 0 Å². The summed E-state index contributed by atoms with van der Waals surface area (Å²) in [6.07, 6.45) is 0. The summed E-state index contributed by atoms with van der Waals surface area (Å²) in [4.78, 5) is 11.7. The van der Waals surface area contributed by atoms with Crippen molar-refractivity contribution in [1.82, 2.24) is 0 Å². The molecule has 1 rings (SSSR count). The van der Waals surface area contributed by atoms with E-state index in [2.05, 4.69) is 4.74 Å². The molecule has 0 saturated carbocycles. The largest absolute Gasteiger partial charge is 0.467 e. The molecule has 0 aliphatic heterocycles. The molecule has 0 spiro atoms. The van der Waals surface area contributed by atoms with E-state index in [0.29, 0.717) is 6.61 Å². The standard InChI is InChI=1S/C9H13NO3S/c1-12-9(11)6-13-5-7(10)8-3-2-4-14-8/h2-4,7H,5-6,10H2,1H3. The van der Waals surface area contributed by atoms with Gasteiger partial charge < -0.3 is 15.2 Å². The van der Waals surface area contributed by atoms with Gasteiger partial charge in [-0.1, -0.05) is 6.07 Å². The first kappa shape index (κ1) is 11.2. The van der Waals surface area contributed by atoms with Gasteiger partial charge in [0.05, 0.1) is 19.8 Å². The van der Waals surface area contributed by atoms with Crippen molar-refractivity contribution in [2.45, 2.75) is 6.04 Å². The summed E-state index contributed by atoms with van der Waals surface area (Å²) in [6, 6.07) is 3.71. The predicted molar refractivity (Wildman–Crippen MR) is 54.1 cm³/mol. The number of carbonyl (C=O) groups excluding carboxylic acids is 1. The third-order valence-corrected chi connectivity index (χ3v) is 2.66. The SMILES string of the molecule is COC(=O)COCC(N)c1cccs1. The number of thiophene rings is 1. The summed E-state index contributed by atoms with van der Waals surface area (Å²) in [5, 5.41) is 1.95. The maximum atomic E-state index is 10.7. The Morgan fingerprint density at radius 3 is 3.07 bits per heavy atom. The number of hydrogen-bond acceptors (Lipinski definition) is 5. The van der Waals surface area contributed by atoms with Crippen molar-refractivity contribution >= 4 is 17.3 Å². The summed E-state index contributed by atoms with van der Waals surface area (Å²) < 4.78 is 9.50. The first-order valence-electron chi connectivity index (χ1n) is 4.17. The van der Waals surface area contributed by atoms with E-state index in [1.54, 1.807) is 11.3 Å². The van der Waals surface area contributed by atoms with Gasteiger partial charge >= 0.3 is 5.97 Å². The lowest BCUT2D eigenvalue weighted by Gasteiger charge is -2.09. The molecule has 0 radical (unpaired) electrons. The van der Waals surface area contributed by atoms with Gasteiger partial charge in [-0.25, -0.2) is 4.79 Å². The normalized spacial score (nSPS) is 12.4. The van der Waals surface area contributed by atoms with Crippen molar-refractivity contribution in [3.05, 3.63) is 22.4 Å². The van der Waals surface area contributed by atoms with Crippen LogP contribution in [0.25, 0.3) is 0 Å². The lowest BCUT2D eigenvalue weighted by molar-refractivity contribution is -0.146. The molecule has 1 aromatic heterocycles. The zero-order valence-corrected chi connectivity index (χ0v) is 8.75. The van der Waals surface area contributed by atoms with Crippen LogP contribution in [0.1, 0.15) is 10.9 Å².